The predicted octanol–water partition coefficient (Wildman–Crippen LogP) is 3.10. The molecular formula is C15H22OSi. The van der Waals surface area contributed by atoms with Gasteiger partial charge < -0.3 is 5.11 Å². The van der Waals surface area contributed by atoms with Crippen molar-refractivity contribution in [2.24, 2.45) is 0 Å². The third-order valence-corrected chi connectivity index (χ3v) is 7.54. The summed E-state index contributed by atoms with van der Waals surface area (Å²) in [6, 6.07) is 10.5. The van der Waals surface area contributed by atoms with Crippen molar-refractivity contribution in [3.8, 4) is 0 Å². The molecule has 0 fully saturated rings. The predicted molar refractivity (Wildman–Crippen MR) is 78.3 cm³/mol. The molecule has 1 rings (SSSR count). The molecule has 0 saturated carbocycles. The molecule has 0 heterocycles. The van der Waals surface area contributed by atoms with Crippen molar-refractivity contribution in [1.82, 2.24) is 0 Å². The lowest BCUT2D eigenvalue weighted by Gasteiger charge is -2.34. The summed E-state index contributed by atoms with van der Waals surface area (Å²) in [5.41, 5.74) is 0.155. The van der Waals surface area contributed by atoms with Crippen LogP contribution in [0.25, 0.3) is 0 Å². The minimum absolute atomic E-state index is 0.155. The Kier molecular flexibility index (Phi) is 4.91. The Hall–Kier alpha value is -1.12. The van der Waals surface area contributed by atoms with Crippen molar-refractivity contribution >= 4 is 13.3 Å². The van der Waals surface area contributed by atoms with Crippen molar-refractivity contribution in [1.29, 1.82) is 0 Å². The smallest absolute Gasteiger partial charge is 0.0901 e. The zero-order valence-electron chi connectivity index (χ0n) is 10.8. The molecule has 0 bridgehead atoms. The normalized spacial score (nSPS) is 15.0. The first kappa shape index (κ1) is 13.9. The van der Waals surface area contributed by atoms with Gasteiger partial charge in [-0.2, -0.15) is 0 Å². The highest BCUT2D eigenvalue weighted by molar-refractivity contribution is 6.91. The van der Waals surface area contributed by atoms with E-state index in [2.05, 4.69) is 50.5 Å². The van der Waals surface area contributed by atoms with Crippen molar-refractivity contribution in [3.05, 3.63) is 55.6 Å². The maximum atomic E-state index is 10.2. The minimum Gasteiger partial charge on any atom is -0.392 e. The second-order valence-electron chi connectivity index (χ2n) is 4.94. The van der Waals surface area contributed by atoms with Gasteiger partial charge in [-0.25, -0.2) is 0 Å². The van der Waals surface area contributed by atoms with Gasteiger partial charge >= 0.3 is 0 Å². The maximum absolute atomic E-state index is 10.2. The van der Waals surface area contributed by atoms with E-state index in [-0.39, 0.29) is 11.6 Å². The van der Waals surface area contributed by atoms with Gasteiger partial charge in [0, 0.05) is 5.54 Å². The molecule has 0 saturated heterocycles. The molecule has 0 aromatic heterocycles. The van der Waals surface area contributed by atoms with E-state index >= 15 is 0 Å². The van der Waals surface area contributed by atoms with E-state index in [0.717, 1.165) is 0 Å². The summed E-state index contributed by atoms with van der Waals surface area (Å²) in [4.78, 5) is 0. The van der Waals surface area contributed by atoms with Crippen LogP contribution in [0.2, 0.25) is 18.6 Å². The first-order valence-corrected chi connectivity index (χ1v) is 9.08. The fourth-order valence-electron chi connectivity index (χ4n) is 2.31. The molecule has 0 radical (unpaired) electrons. The van der Waals surface area contributed by atoms with Crippen molar-refractivity contribution in [2.75, 3.05) is 0 Å². The number of benzene rings is 1. The number of hydrogen-bond acceptors (Lipinski definition) is 1. The summed E-state index contributed by atoms with van der Waals surface area (Å²) in [6.07, 6.45) is 3.94. The lowest BCUT2D eigenvalue weighted by molar-refractivity contribution is 0.179. The third-order valence-electron chi connectivity index (χ3n) is 3.43. The highest BCUT2D eigenvalue weighted by atomic mass is 28.3. The number of aliphatic hydroxyl groups is 1. The highest BCUT2D eigenvalue weighted by Gasteiger charge is 2.35. The summed E-state index contributed by atoms with van der Waals surface area (Å²) in [7, 11) is -1.73. The van der Waals surface area contributed by atoms with E-state index in [1.807, 2.05) is 12.1 Å². The number of aliphatic hydroxyl groups excluding tert-OH is 1. The summed E-state index contributed by atoms with van der Waals surface area (Å²) >= 11 is 0. The minimum atomic E-state index is -1.73. The standard InChI is InChI=1S/C15H22OSi/c1-5-10-14(16)15(6-2)17(3,4)13-11-8-7-9-12-13/h5-9,11-12,14-16H,1-2,10H2,3-4H3/t14-,15+/m1/s1. The first-order valence-electron chi connectivity index (χ1n) is 6.01. The van der Waals surface area contributed by atoms with Gasteiger partial charge in [0.05, 0.1) is 14.2 Å². The van der Waals surface area contributed by atoms with E-state index < -0.39 is 8.07 Å². The summed E-state index contributed by atoms with van der Waals surface area (Å²) < 4.78 is 0. The van der Waals surface area contributed by atoms with Gasteiger partial charge in [-0.1, -0.05) is 60.8 Å². The lowest BCUT2D eigenvalue weighted by atomic mass is 10.2. The van der Waals surface area contributed by atoms with E-state index in [9.17, 15) is 5.11 Å². The zero-order chi connectivity index (χ0) is 12.9. The van der Waals surface area contributed by atoms with Crippen LogP contribution in [0.15, 0.2) is 55.6 Å². The Morgan fingerprint density at radius 3 is 2.29 bits per heavy atom. The first-order chi connectivity index (χ1) is 8.04. The molecule has 0 unspecified atom stereocenters. The van der Waals surface area contributed by atoms with Crippen LogP contribution in [0, 0.1) is 0 Å². The van der Waals surface area contributed by atoms with Crippen LogP contribution in [0.5, 0.6) is 0 Å². The van der Waals surface area contributed by atoms with Crippen LogP contribution < -0.4 is 5.19 Å². The second-order valence-corrected chi connectivity index (χ2v) is 9.63. The molecule has 1 nitrogen and oxygen atoms in total. The van der Waals surface area contributed by atoms with E-state index in [0.29, 0.717) is 6.42 Å². The van der Waals surface area contributed by atoms with Crippen LogP contribution in [-0.4, -0.2) is 19.3 Å². The monoisotopic (exact) mass is 246 g/mol. The molecule has 2 heteroatoms. The van der Waals surface area contributed by atoms with Crippen LogP contribution in [0.3, 0.4) is 0 Å². The molecule has 0 aliphatic carbocycles. The average molecular weight is 246 g/mol. The summed E-state index contributed by atoms with van der Waals surface area (Å²) in [6.45, 7) is 12.1. The van der Waals surface area contributed by atoms with Crippen LogP contribution >= 0.6 is 0 Å². The van der Waals surface area contributed by atoms with E-state index in [1.54, 1.807) is 6.08 Å². The van der Waals surface area contributed by atoms with E-state index in [4.69, 9.17) is 0 Å². The topological polar surface area (TPSA) is 20.2 Å². The molecule has 1 aromatic rings. The molecular weight excluding hydrogens is 224 g/mol. The average Bonchev–Trinajstić information content (AvgIpc) is 2.31. The van der Waals surface area contributed by atoms with Crippen LogP contribution in [-0.2, 0) is 0 Å². The third kappa shape index (κ3) is 3.17. The van der Waals surface area contributed by atoms with Gasteiger partial charge in [-0.05, 0) is 6.42 Å². The largest absolute Gasteiger partial charge is 0.392 e. The second kappa shape index (κ2) is 5.99. The fraction of sp³-hybridized carbons (Fsp3) is 0.333. The highest BCUT2D eigenvalue weighted by Crippen LogP contribution is 2.28. The van der Waals surface area contributed by atoms with Crippen molar-refractivity contribution in [2.45, 2.75) is 31.2 Å². The molecule has 0 amide bonds. The Bertz CT molecular complexity index is 370. The molecule has 0 spiro atoms. The van der Waals surface area contributed by atoms with Gasteiger partial charge in [-0.15, -0.1) is 13.2 Å². The molecule has 0 aliphatic heterocycles. The zero-order valence-corrected chi connectivity index (χ0v) is 11.8. The van der Waals surface area contributed by atoms with Crippen LogP contribution in [0.4, 0.5) is 0 Å². The summed E-state index contributed by atoms with van der Waals surface area (Å²) in [5.74, 6) is 0. The number of hydrogen-bond donors (Lipinski definition) is 1. The molecule has 17 heavy (non-hydrogen) atoms. The fourth-order valence-corrected chi connectivity index (χ4v) is 5.43. The molecule has 1 N–H and O–H groups in total. The Balaban J connectivity index is 3.01. The molecule has 1 aromatic carbocycles. The van der Waals surface area contributed by atoms with Crippen molar-refractivity contribution < 1.29 is 5.11 Å². The Labute approximate surface area is 106 Å². The van der Waals surface area contributed by atoms with Crippen molar-refractivity contribution in [3.63, 3.8) is 0 Å². The van der Waals surface area contributed by atoms with Crippen LogP contribution in [0.1, 0.15) is 6.42 Å². The SMILES string of the molecule is C=CC[C@@H](O)[C@H](C=C)[Si](C)(C)c1ccccc1. The van der Waals surface area contributed by atoms with Gasteiger partial charge in [0.15, 0.2) is 0 Å². The maximum Gasteiger partial charge on any atom is 0.0901 e. The molecule has 0 aliphatic rings. The van der Waals surface area contributed by atoms with E-state index in [1.165, 1.54) is 5.19 Å². The van der Waals surface area contributed by atoms with Gasteiger partial charge in [0.2, 0.25) is 0 Å². The number of rotatable bonds is 6. The Morgan fingerprint density at radius 2 is 1.82 bits per heavy atom. The van der Waals surface area contributed by atoms with Gasteiger partial charge in [-0.3, -0.25) is 0 Å². The lowest BCUT2D eigenvalue weighted by Crippen LogP contribution is -2.49. The van der Waals surface area contributed by atoms with Gasteiger partial charge in [0.1, 0.15) is 0 Å². The quantitative estimate of drug-likeness (QED) is 0.604. The Morgan fingerprint density at radius 1 is 1.24 bits per heavy atom. The summed E-state index contributed by atoms with van der Waals surface area (Å²) in [5, 5.41) is 11.6. The molecule has 92 valence electrons. The van der Waals surface area contributed by atoms with Gasteiger partial charge in [0.25, 0.3) is 0 Å². The molecule has 2 atom stereocenters.